The van der Waals surface area contributed by atoms with Gasteiger partial charge in [0.15, 0.2) is 0 Å². The minimum atomic E-state index is -0.616. The number of methoxy groups -OCH3 is 1. The molecule has 0 radical (unpaired) electrons. The molecule has 1 atom stereocenters. The maximum absolute atomic E-state index is 13.5. The summed E-state index contributed by atoms with van der Waals surface area (Å²) in [4.78, 5) is 11.8. The predicted molar refractivity (Wildman–Crippen MR) is 63.3 cm³/mol. The van der Waals surface area contributed by atoms with Crippen molar-refractivity contribution in [3.8, 4) is 18.1 Å². The van der Waals surface area contributed by atoms with Gasteiger partial charge in [0, 0.05) is 12.5 Å². The number of rotatable bonds is 4. The summed E-state index contributed by atoms with van der Waals surface area (Å²) in [6.07, 6.45) is 5.52. The third kappa shape index (κ3) is 3.22. The Morgan fingerprint density at radius 3 is 2.94 bits per heavy atom. The number of carbonyl (C=O) groups excluding carboxylic acids is 1. The number of ether oxygens (including phenoxy) is 1. The molecular weight excluding hydrogens is 221 g/mol. The molecule has 3 nitrogen and oxygen atoms in total. The first kappa shape index (κ1) is 13.0. The van der Waals surface area contributed by atoms with Crippen molar-refractivity contribution in [1.82, 2.24) is 5.32 Å². The highest BCUT2D eigenvalue weighted by Gasteiger charge is 2.18. The predicted octanol–water partition coefficient (Wildman–Crippen LogP) is 1.98. The third-order valence-electron chi connectivity index (χ3n) is 2.22. The van der Waals surface area contributed by atoms with Gasteiger partial charge in [0.05, 0.1) is 7.11 Å². The Morgan fingerprint density at radius 2 is 2.35 bits per heavy atom. The van der Waals surface area contributed by atoms with Gasteiger partial charge in [-0.25, -0.2) is 4.39 Å². The van der Waals surface area contributed by atoms with Gasteiger partial charge in [-0.05, 0) is 19.1 Å². The fourth-order valence-corrected chi connectivity index (χ4v) is 1.42. The van der Waals surface area contributed by atoms with E-state index in [2.05, 4.69) is 11.2 Å². The number of benzene rings is 1. The standard InChI is InChI=1S/C13H14FNO2/c1-4-6-9(2)15-13(16)12-10(14)7-5-8-11(12)17-3/h1,5,7-9H,6H2,2-3H3,(H,15,16). The summed E-state index contributed by atoms with van der Waals surface area (Å²) in [5.41, 5.74) is -0.0983. The molecule has 0 aliphatic heterocycles. The highest BCUT2D eigenvalue weighted by molar-refractivity contribution is 5.97. The first-order valence-corrected chi connectivity index (χ1v) is 5.17. The molecule has 0 fully saturated rings. The number of nitrogens with one attached hydrogen (secondary N) is 1. The molecule has 90 valence electrons. The van der Waals surface area contributed by atoms with Crippen molar-refractivity contribution in [2.75, 3.05) is 7.11 Å². The molecule has 0 saturated carbocycles. The molecule has 1 unspecified atom stereocenters. The molecule has 0 aromatic heterocycles. The topological polar surface area (TPSA) is 38.3 Å². The summed E-state index contributed by atoms with van der Waals surface area (Å²) in [5, 5.41) is 2.61. The minimum Gasteiger partial charge on any atom is -0.496 e. The van der Waals surface area contributed by atoms with Crippen LogP contribution in [0, 0.1) is 18.2 Å². The molecule has 1 aromatic rings. The lowest BCUT2D eigenvalue weighted by Crippen LogP contribution is -2.33. The van der Waals surface area contributed by atoms with Crippen LogP contribution < -0.4 is 10.1 Å². The molecule has 0 aliphatic carbocycles. The average Bonchev–Trinajstić information content (AvgIpc) is 2.28. The van der Waals surface area contributed by atoms with Crippen molar-refractivity contribution < 1.29 is 13.9 Å². The third-order valence-corrected chi connectivity index (χ3v) is 2.22. The Labute approximate surface area is 100.0 Å². The summed E-state index contributed by atoms with van der Waals surface area (Å²) in [6.45, 7) is 1.76. The zero-order valence-electron chi connectivity index (χ0n) is 9.79. The Bertz CT molecular complexity index is 451. The van der Waals surface area contributed by atoms with Crippen LogP contribution in [0.5, 0.6) is 5.75 Å². The number of hydrogen-bond donors (Lipinski definition) is 1. The van der Waals surface area contributed by atoms with Crippen molar-refractivity contribution in [2.45, 2.75) is 19.4 Å². The average molecular weight is 235 g/mol. The zero-order valence-corrected chi connectivity index (χ0v) is 9.79. The van der Waals surface area contributed by atoms with E-state index in [4.69, 9.17) is 11.2 Å². The summed E-state index contributed by atoms with van der Waals surface area (Å²) < 4.78 is 18.5. The van der Waals surface area contributed by atoms with Crippen molar-refractivity contribution in [2.24, 2.45) is 0 Å². The molecule has 0 heterocycles. The second-order valence-corrected chi connectivity index (χ2v) is 3.60. The maximum atomic E-state index is 13.5. The first-order chi connectivity index (χ1) is 8.10. The van der Waals surface area contributed by atoms with Crippen LogP contribution in [-0.2, 0) is 0 Å². The Balaban J connectivity index is 2.93. The van der Waals surface area contributed by atoms with Gasteiger partial charge in [0.2, 0.25) is 0 Å². The van der Waals surface area contributed by atoms with Crippen LogP contribution in [0.3, 0.4) is 0 Å². The van der Waals surface area contributed by atoms with Crippen LogP contribution in [0.2, 0.25) is 0 Å². The molecular formula is C13H14FNO2. The fraction of sp³-hybridized carbons (Fsp3) is 0.308. The normalized spacial score (nSPS) is 11.4. The lowest BCUT2D eigenvalue weighted by atomic mass is 10.1. The van der Waals surface area contributed by atoms with Crippen molar-refractivity contribution in [3.63, 3.8) is 0 Å². The molecule has 17 heavy (non-hydrogen) atoms. The smallest absolute Gasteiger partial charge is 0.258 e. The second kappa shape index (κ2) is 5.90. The Morgan fingerprint density at radius 1 is 1.65 bits per heavy atom. The molecule has 0 spiro atoms. The monoisotopic (exact) mass is 235 g/mol. The number of carbonyl (C=O) groups is 1. The summed E-state index contributed by atoms with van der Waals surface area (Å²) in [7, 11) is 1.39. The highest BCUT2D eigenvalue weighted by atomic mass is 19.1. The Kier molecular flexibility index (Phi) is 4.53. The van der Waals surface area contributed by atoms with Crippen molar-refractivity contribution in [3.05, 3.63) is 29.6 Å². The minimum absolute atomic E-state index is 0.0983. The number of terminal acetylenes is 1. The zero-order chi connectivity index (χ0) is 12.8. The van der Waals surface area contributed by atoms with Gasteiger partial charge in [-0.15, -0.1) is 12.3 Å². The molecule has 1 aromatic carbocycles. The van der Waals surface area contributed by atoms with Crippen molar-refractivity contribution in [1.29, 1.82) is 0 Å². The SMILES string of the molecule is C#CCC(C)NC(=O)c1c(F)cccc1OC. The number of amides is 1. The molecule has 1 rings (SSSR count). The van der Waals surface area contributed by atoms with Gasteiger partial charge in [0.1, 0.15) is 17.1 Å². The molecule has 0 bridgehead atoms. The lowest BCUT2D eigenvalue weighted by Gasteiger charge is -2.13. The van der Waals surface area contributed by atoms with E-state index < -0.39 is 11.7 Å². The van der Waals surface area contributed by atoms with Crippen molar-refractivity contribution >= 4 is 5.91 Å². The molecule has 1 N–H and O–H groups in total. The lowest BCUT2D eigenvalue weighted by molar-refractivity contribution is 0.0933. The highest BCUT2D eigenvalue weighted by Crippen LogP contribution is 2.21. The van der Waals surface area contributed by atoms with Gasteiger partial charge in [0.25, 0.3) is 5.91 Å². The van der Waals surface area contributed by atoms with Crippen LogP contribution in [0.1, 0.15) is 23.7 Å². The number of halogens is 1. The van der Waals surface area contributed by atoms with E-state index in [0.29, 0.717) is 6.42 Å². The largest absolute Gasteiger partial charge is 0.496 e. The summed E-state index contributed by atoms with van der Waals surface area (Å²) >= 11 is 0. The van der Waals surface area contributed by atoms with Gasteiger partial charge < -0.3 is 10.1 Å². The second-order valence-electron chi connectivity index (χ2n) is 3.60. The van der Waals surface area contributed by atoms with Gasteiger partial charge >= 0.3 is 0 Å². The molecule has 0 aliphatic rings. The van der Waals surface area contributed by atoms with E-state index in [0.717, 1.165) is 0 Å². The molecule has 4 heteroatoms. The molecule has 1 amide bonds. The van der Waals surface area contributed by atoms with Crippen LogP contribution in [0.15, 0.2) is 18.2 Å². The number of hydrogen-bond acceptors (Lipinski definition) is 2. The van der Waals surface area contributed by atoms with E-state index in [-0.39, 0.29) is 17.4 Å². The summed E-state index contributed by atoms with van der Waals surface area (Å²) in [5.74, 6) is 1.49. The first-order valence-electron chi connectivity index (χ1n) is 5.17. The van der Waals surface area contributed by atoms with Crippen LogP contribution in [-0.4, -0.2) is 19.1 Å². The maximum Gasteiger partial charge on any atom is 0.258 e. The van der Waals surface area contributed by atoms with Gasteiger partial charge in [-0.3, -0.25) is 4.79 Å². The van der Waals surface area contributed by atoms with Crippen LogP contribution in [0.4, 0.5) is 4.39 Å². The quantitative estimate of drug-likeness (QED) is 0.810. The molecule has 0 saturated heterocycles. The van der Waals surface area contributed by atoms with Crippen LogP contribution >= 0.6 is 0 Å². The summed E-state index contributed by atoms with van der Waals surface area (Å²) in [6, 6.07) is 4.01. The van der Waals surface area contributed by atoms with Gasteiger partial charge in [-0.2, -0.15) is 0 Å². The fourth-order valence-electron chi connectivity index (χ4n) is 1.42. The Hall–Kier alpha value is -2.02. The van der Waals surface area contributed by atoms with E-state index in [1.165, 1.54) is 25.3 Å². The van der Waals surface area contributed by atoms with Crippen LogP contribution in [0.25, 0.3) is 0 Å². The van der Waals surface area contributed by atoms with Gasteiger partial charge in [-0.1, -0.05) is 6.07 Å². The van der Waals surface area contributed by atoms with E-state index in [1.807, 2.05) is 0 Å². The van der Waals surface area contributed by atoms with E-state index >= 15 is 0 Å². The van der Waals surface area contributed by atoms with E-state index in [9.17, 15) is 9.18 Å². The van der Waals surface area contributed by atoms with E-state index in [1.54, 1.807) is 6.92 Å².